The summed E-state index contributed by atoms with van der Waals surface area (Å²) in [4.78, 5) is 2.51. The fourth-order valence-electron chi connectivity index (χ4n) is 2.11. The summed E-state index contributed by atoms with van der Waals surface area (Å²) < 4.78 is 0. The quantitative estimate of drug-likeness (QED) is 0.754. The molecule has 2 heteroatoms. The highest BCUT2D eigenvalue weighted by Gasteiger charge is 2.08. The lowest BCUT2D eigenvalue weighted by Crippen LogP contribution is -2.33. The largest absolute Gasteiger partial charge is 0.371 e. The first-order valence-corrected chi connectivity index (χ1v) is 5.88. The van der Waals surface area contributed by atoms with Crippen LogP contribution in [-0.4, -0.2) is 26.2 Å². The van der Waals surface area contributed by atoms with Gasteiger partial charge in [-0.3, -0.25) is 0 Å². The average molecular weight is 204 g/mol. The van der Waals surface area contributed by atoms with Crippen LogP contribution < -0.4 is 10.2 Å². The first kappa shape index (κ1) is 10.5. The van der Waals surface area contributed by atoms with Gasteiger partial charge in [0.05, 0.1) is 0 Å². The normalized spacial score (nSPS) is 18.3. The van der Waals surface area contributed by atoms with Gasteiger partial charge < -0.3 is 10.2 Å². The molecule has 0 aromatic heterocycles. The molecule has 1 N–H and O–H groups in total. The van der Waals surface area contributed by atoms with Crippen LogP contribution >= 0.6 is 0 Å². The van der Waals surface area contributed by atoms with Gasteiger partial charge in [0, 0.05) is 18.8 Å². The van der Waals surface area contributed by atoms with Crippen LogP contribution in [0.4, 0.5) is 5.69 Å². The van der Waals surface area contributed by atoms with Crippen LogP contribution in [0.1, 0.15) is 18.4 Å². The van der Waals surface area contributed by atoms with Crippen molar-refractivity contribution in [1.82, 2.24) is 5.32 Å². The highest BCUT2D eigenvalue weighted by molar-refractivity contribution is 5.48. The molecule has 0 unspecified atom stereocenters. The first-order chi connectivity index (χ1) is 7.36. The summed E-state index contributed by atoms with van der Waals surface area (Å²) in [7, 11) is 0. The number of nitrogens with zero attached hydrogens (tertiary/aromatic N) is 1. The van der Waals surface area contributed by atoms with E-state index in [1.165, 1.54) is 37.2 Å². The third-order valence-electron chi connectivity index (χ3n) is 2.93. The van der Waals surface area contributed by atoms with Crippen molar-refractivity contribution in [2.75, 3.05) is 31.1 Å². The second-order valence-electron chi connectivity index (χ2n) is 4.28. The van der Waals surface area contributed by atoms with Crippen molar-refractivity contribution in [3.63, 3.8) is 0 Å². The van der Waals surface area contributed by atoms with E-state index in [0.29, 0.717) is 0 Å². The Kier molecular flexibility index (Phi) is 3.62. The molecule has 0 saturated carbocycles. The molecule has 0 radical (unpaired) electrons. The number of hydrogen-bond acceptors (Lipinski definition) is 2. The van der Waals surface area contributed by atoms with Crippen molar-refractivity contribution in [2.24, 2.45) is 0 Å². The molecule has 0 bridgehead atoms. The molecule has 1 aromatic carbocycles. The van der Waals surface area contributed by atoms with Crippen molar-refractivity contribution in [3.05, 3.63) is 29.8 Å². The second-order valence-corrected chi connectivity index (χ2v) is 4.28. The van der Waals surface area contributed by atoms with Crippen molar-refractivity contribution in [3.8, 4) is 0 Å². The maximum absolute atomic E-state index is 3.44. The lowest BCUT2D eigenvalue weighted by atomic mass is 10.2. The molecule has 0 atom stereocenters. The van der Waals surface area contributed by atoms with Crippen molar-refractivity contribution in [1.29, 1.82) is 0 Å². The van der Waals surface area contributed by atoms with Crippen molar-refractivity contribution in [2.45, 2.75) is 19.8 Å². The molecule has 15 heavy (non-hydrogen) atoms. The predicted molar refractivity (Wildman–Crippen MR) is 65.5 cm³/mol. The Morgan fingerprint density at radius 1 is 1.13 bits per heavy atom. The van der Waals surface area contributed by atoms with E-state index in [4.69, 9.17) is 0 Å². The van der Waals surface area contributed by atoms with E-state index >= 15 is 0 Å². The Hall–Kier alpha value is -1.02. The predicted octanol–water partition coefficient (Wildman–Crippen LogP) is 2.18. The van der Waals surface area contributed by atoms with Crippen LogP contribution in [-0.2, 0) is 0 Å². The van der Waals surface area contributed by atoms with Crippen LogP contribution in [0.15, 0.2) is 24.3 Å². The van der Waals surface area contributed by atoms with Crippen molar-refractivity contribution < 1.29 is 0 Å². The molecule has 0 spiro atoms. The van der Waals surface area contributed by atoms with Crippen molar-refractivity contribution >= 4 is 5.69 Å². The van der Waals surface area contributed by atoms with E-state index in [0.717, 1.165) is 13.1 Å². The highest BCUT2D eigenvalue weighted by atomic mass is 15.1. The topological polar surface area (TPSA) is 15.3 Å². The lowest BCUT2D eigenvalue weighted by Gasteiger charge is -2.27. The summed E-state index contributed by atoms with van der Waals surface area (Å²) in [5, 5.41) is 3.44. The molecule has 0 amide bonds. The number of hydrogen-bond donors (Lipinski definition) is 1. The minimum Gasteiger partial charge on any atom is -0.371 e. The zero-order chi connectivity index (χ0) is 10.5. The summed E-state index contributed by atoms with van der Waals surface area (Å²) in [5.74, 6) is 0. The Morgan fingerprint density at radius 2 is 1.87 bits per heavy atom. The van der Waals surface area contributed by atoms with Gasteiger partial charge in [-0.2, -0.15) is 0 Å². The number of rotatable bonds is 1. The van der Waals surface area contributed by atoms with Gasteiger partial charge in [-0.25, -0.2) is 0 Å². The summed E-state index contributed by atoms with van der Waals surface area (Å²) >= 11 is 0. The molecule has 1 aliphatic rings. The van der Waals surface area contributed by atoms with Gasteiger partial charge in [0.2, 0.25) is 0 Å². The fraction of sp³-hybridized carbons (Fsp3) is 0.538. The summed E-state index contributed by atoms with van der Waals surface area (Å²) in [6, 6.07) is 8.83. The molecule has 0 aliphatic carbocycles. The average Bonchev–Trinajstić information content (AvgIpc) is 2.16. The maximum atomic E-state index is 3.44. The Bertz CT molecular complexity index is 301. The summed E-state index contributed by atoms with van der Waals surface area (Å²) in [6.07, 6.45) is 2.49. The molecule has 1 fully saturated rings. The Balaban J connectivity index is 2.06. The van der Waals surface area contributed by atoms with E-state index < -0.39 is 0 Å². The molecule has 1 saturated heterocycles. The van der Waals surface area contributed by atoms with Gasteiger partial charge >= 0.3 is 0 Å². The minimum atomic E-state index is 1.16. The van der Waals surface area contributed by atoms with E-state index in [2.05, 4.69) is 41.4 Å². The third-order valence-corrected chi connectivity index (χ3v) is 2.93. The van der Waals surface area contributed by atoms with E-state index in [9.17, 15) is 0 Å². The van der Waals surface area contributed by atoms with Gasteiger partial charge in [0.1, 0.15) is 0 Å². The standard InChI is InChI=1S/C13H20N2/c1-12-5-2-6-13(11-12)15-9-3-7-14-8-4-10-15/h2,5-6,11,14H,3-4,7-10H2,1H3. The fourth-order valence-corrected chi connectivity index (χ4v) is 2.11. The van der Waals surface area contributed by atoms with Gasteiger partial charge in [-0.05, 0) is 50.6 Å². The van der Waals surface area contributed by atoms with Gasteiger partial charge in [-0.15, -0.1) is 0 Å². The van der Waals surface area contributed by atoms with Gasteiger partial charge in [0.25, 0.3) is 0 Å². The molecule has 82 valence electrons. The Labute approximate surface area is 92.3 Å². The SMILES string of the molecule is Cc1cccc(N2CCCNCCC2)c1. The lowest BCUT2D eigenvalue weighted by molar-refractivity contribution is 0.567. The van der Waals surface area contributed by atoms with Crippen LogP contribution in [0, 0.1) is 6.92 Å². The van der Waals surface area contributed by atoms with E-state index in [1.807, 2.05) is 0 Å². The third kappa shape index (κ3) is 2.96. The number of benzene rings is 1. The Morgan fingerprint density at radius 3 is 2.53 bits per heavy atom. The number of aryl methyl sites for hydroxylation is 1. The van der Waals surface area contributed by atoms with Gasteiger partial charge in [0.15, 0.2) is 0 Å². The zero-order valence-electron chi connectivity index (χ0n) is 9.50. The smallest absolute Gasteiger partial charge is 0.0368 e. The maximum Gasteiger partial charge on any atom is 0.0368 e. The zero-order valence-corrected chi connectivity index (χ0v) is 9.50. The molecule has 1 aromatic rings. The van der Waals surface area contributed by atoms with Crippen LogP contribution in [0.2, 0.25) is 0 Å². The highest BCUT2D eigenvalue weighted by Crippen LogP contribution is 2.16. The summed E-state index contributed by atoms with van der Waals surface area (Å²) in [6.45, 7) is 6.83. The summed E-state index contributed by atoms with van der Waals surface area (Å²) in [5.41, 5.74) is 2.74. The van der Waals surface area contributed by atoms with Crippen LogP contribution in [0.5, 0.6) is 0 Å². The number of nitrogens with one attached hydrogen (secondary N) is 1. The van der Waals surface area contributed by atoms with Gasteiger partial charge in [-0.1, -0.05) is 12.1 Å². The second kappa shape index (κ2) is 5.17. The molecule has 1 heterocycles. The molecule has 1 aliphatic heterocycles. The number of anilines is 1. The van der Waals surface area contributed by atoms with Crippen LogP contribution in [0.3, 0.4) is 0 Å². The monoisotopic (exact) mass is 204 g/mol. The molecule has 2 nitrogen and oxygen atoms in total. The first-order valence-electron chi connectivity index (χ1n) is 5.88. The van der Waals surface area contributed by atoms with Crippen LogP contribution in [0.25, 0.3) is 0 Å². The molecular formula is C13H20N2. The molecule has 2 rings (SSSR count). The van der Waals surface area contributed by atoms with E-state index in [-0.39, 0.29) is 0 Å². The van der Waals surface area contributed by atoms with E-state index in [1.54, 1.807) is 0 Å². The minimum absolute atomic E-state index is 1.16. The molecular weight excluding hydrogens is 184 g/mol.